The number of piperazine rings is 1. The zero-order valence-corrected chi connectivity index (χ0v) is 21.1. The van der Waals surface area contributed by atoms with Crippen molar-refractivity contribution in [1.29, 1.82) is 0 Å². The molecule has 2 aromatic carbocycles. The lowest BCUT2D eigenvalue weighted by atomic mass is 10.1. The number of benzene rings is 2. The van der Waals surface area contributed by atoms with E-state index in [2.05, 4.69) is 48.0 Å². The molecule has 0 bridgehead atoms. The Balaban J connectivity index is 1.36. The Hall–Kier alpha value is -2.68. The summed E-state index contributed by atoms with van der Waals surface area (Å²) in [5, 5.41) is 9.97. The van der Waals surface area contributed by atoms with E-state index in [1.165, 1.54) is 6.07 Å². The zero-order valence-electron chi connectivity index (χ0n) is 19.6. The molecule has 3 heterocycles. The van der Waals surface area contributed by atoms with Gasteiger partial charge < -0.3 is 10.2 Å². The summed E-state index contributed by atoms with van der Waals surface area (Å²) < 4.78 is 16.1. The van der Waals surface area contributed by atoms with Gasteiger partial charge in [0.2, 0.25) is 10.1 Å². The van der Waals surface area contributed by atoms with Crippen LogP contribution in [0.15, 0.2) is 48.5 Å². The number of aromatic nitrogens is 3. The lowest BCUT2D eigenvalue weighted by Crippen LogP contribution is -2.46. The van der Waals surface area contributed by atoms with Crippen LogP contribution >= 0.6 is 22.9 Å². The Morgan fingerprint density at radius 2 is 1.76 bits per heavy atom. The average molecular weight is 499 g/mol. The predicted molar refractivity (Wildman–Crippen MR) is 139 cm³/mol. The van der Waals surface area contributed by atoms with Gasteiger partial charge in [0.1, 0.15) is 11.5 Å². The van der Waals surface area contributed by atoms with Crippen molar-refractivity contribution in [3.05, 3.63) is 64.9 Å². The Labute approximate surface area is 208 Å². The third kappa shape index (κ3) is 4.76. The number of fused-ring (bicyclic) bond motifs is 1. The minimum Gasteiger partial charge on any atom is -0.364 e. The normalized spacial score (nSPS) is 15.3. The van der Waals surface area contributed by atoms with Crippen LogP contribution in [-0.4, -0.2) is 51.2 Å². The highest BCUT2D eigenvalue weighted by Gasteiger charge is 2.25. The van der Waals surface area contributed by atoms with Crippen LogP contribution in [0, 0.1) is 5.82 Å². The number of hydrogen-bond acceptors (Lipinski definition) is 6. The van der Waals surface area contributed by atoms with Crippen LogP contribution in [-0.2, 0) is 6.54 Å². The molecule has 1 fully saturated rings. The van der Waals surface area contributed by atoms with Crippen molar-refractivity contribution < 1.29 is 4.39 Å². The van der Waals surface area contributed by atoms with Crippen molar-refractivity contribution in [2.24, 2.45) is 0 Å². The van der Waals surface area contributed by atoms with E-state index in [0.717, 1.165) is 53.3 Å². The smallest absolute Gasteiger partial charge is 0.216 e. The maximum Gasteiger partial charge on any atom is 0.216 e. The molecule has 0 unspecified atom stereocenters. The van der Waals surface area contributed by atoms with E-state index in [1.807, 2.05) is 22.7 Å². The molecule has 0 aliphatic carbocycles. The summed E-state index contributed by atoms with van der Waals surface area (Å²) >= 11 is 7.82. The lowest BCUT2D eigenvalue weighted by Gasteiger charge is -2.34. The van der Waals surface area contributed by atoms with E-state index in [4.69, 9.17) is 21.7 Å². The second-order valence-corrected chi connectivity index (χ2v) is 10.9. The van der Waals surface area contributed by atoms with Crippen molar-refractivity contribution >= 4 is 38.8 Å². The maximum atomic E-state index is 14.2. The molecule has 1 N–H and O–H groups in total. The number of imidazole rings is 1. The number of hydrogen-bond donors (Lipinski definition) is 1. The molecule has 34 heavy (non-hydrogen) atoms. The molecule has 178 valence electrons. The molecule has 5 rings (SSSR count). The molecule has 4 aromatic rings. The molecule has 1 aliphatic rings. The van der Waals surface area contributed by atoms with Crippen LogP contribution in [0.25, 0.3) is 16.2 Å². The van der Waals surface area contributed by atoms with Gasteiger partial charge in [-0.2, -0.15) is 4.52 Å². The van der Waals surface area contributed by atoms with E-state index >= 15 is 0 Å². The fourth-order valence-corrected chi connectivity index (χ4v) is 5.31. The van der Waals surface area contributed by atoms with Crippen molar-refractivity contribution in [1.82, 2.24) is 19.5 Å². The molecule has 0 spiro atoms. The van der Waals surface area contributed by atoms with Gasteiger partial charge >= 0.3 is 0 Å². The number of rotatable bonds is 5. The Bertz CT molecular complexity index is 1270. The number of halogens is 2. The summed E-state index contributed by atoms with van der Waals surface area (Å²) in [6, 6.07) is 15.1. The SMILES string of the molecule is CC(C)(C)Nc1c(-c2ccccc2)nc2sc(N3CCN(Cc4c(F)cccc4Cl)CC3)nn12. The highest BCUT2D eigenvalue weighted by atomic mass is 35.5. The molecule has 6 nitrogen and oxygen atoms in total. The molecule has 1 aliphatic heterocycles. The van der Waals surface area contributed by atoms with Crippen molar-refractivity contribution in [2.75, 3.05) is 36.4 Å². The fourth-order valence-electron chi connectivity index (χ4n) is 4.14. The highest BCUT2D eigenvalue weighted by Crippen LogP contribution is 2.35. The van der Waals surface area contributed by atoms with Gasteiger partial charge in [-0.15, -0.1) is 5.10 Å². The van der Waals surface area contributed by atoms with Gasteiger partial charge in [0.05, 0.1) is 0 Å². The van der Waals surface area contributed by atoms with E-state index < -0.39 is 0 Å². The summed E-state index contributed by atoms with van der Waals surface area (Å²) in [7, 11) is 0. The van der Waals surface area contributed by atoms with Gasteiger partial charge in [0.15, 0.2) is 5.82 Å². The molecule has 1 saturated heterocycles. The third-order valence-electron chi connectivity index (χ3n) is 5.82. The quantitative estimate of drug-likeness (QED) is 0.378. The van der Waals surface area contributed by atoms with E-state index in [9.17, 15) is 4.39 Å². The first kappa shape index (κ1) is 23.1. The van der Waals surface area contributed by atoms with Gasteiger partial charge in [-0.05, 0) is 32.9 Å². The van der Waals surface area contributed by atoms with Crippen molar-refractivity contribution in [3.63, 3.8) is 0 Å². The van der Waals surface area contributed by atoms with Gasteiger partial charge in [-0.1, -0.05) is 59.3 Å². The Morgan fingerprint density at radius 3 is 2.44 bits per heavy atom. The van der Waals surface area contributed by atoms with Gasteiger partial charge in [0.25, 0.3) is 0 Å². The first-order chi connectivity index (χ1) is 16.3. The predicted octanol–water partition coefficient (Wildman–Crippen LogP) is 5.78. The second kappa shape index (κ2) is 9.17. The second-order valence-electron chi connectivity index (χ2n) is 9.59. The summed E-state index contributed by atoms with van der Waals surface area (Å²) in [5.74, 6) is 0.660. The minimum atomic E-state index is -0.246. The summed E-state index contributed by atoms with van der Waals surface area (Å²) in [6.45, 7) is 10.2. The van der Waals surface area contributed by atoms with Crippen LogP contribution in [0.5, 0.6) is 0 Å². The van der Waals surface area contributed by atoms with Crippen LogP contribution in [0.4, 0.5) is 15.3 Å². The van der Waals surface area contributed by atoms with Crippen molar-refractivity contribution in [3.8, 4) is 11.3 Å². The topological polar surface area (TPSA) is 48.7 Å². The van der Waals surface area contributed by atoms with Crippen LogP contribution in [0.1, 0.15) is 26.3 Å². The van der Waals surface area contributed by atoms with Gasteiger partial charge in [-0.3, -0.25) is 4.90 Å². The van der Waals surface area contributed by atoms with E-state index in [1.54, 1.807) is 23.5 Å². The van der Waals surface area contributed by atoms with E-state index in [0.29, 0.717) is 17.1 Å². The molecule has 0 atom stereocenters. The first-order valence-corrected chi connectivity index (χ1v) is 12.6. The number of anilines is 2. The molecular formula is C25H28ClFN6S. The standard InChI is InChI=1S/C25H28ClFN6S/c1-25(2,3)29-22-21(17-8-5-4-6-9-17)28-23-33(22)30-24(34-23)32-14-12-31(13-15-32)16-18-19(26)10-7-11-20(18)27/h4-11,29H,12-16H2,1-3H3. The number of nitrogens with zero attached hydrogens (tertiary/aromatic N) is 5. The molecule has 0 amide bonds. The Kier molecular flexibility index (Phi) is 6.22. The van der Waals surface area contributed by atoms with Crippen LogP contribution in [0.3, 0.4) is 0 Å². The molecule has 2 aromatic heterocycles. The first-order valence-electron chi connectivity index (χ1n) is 11.4. The lowest BCUT2D eigenvalue weighted by molar-refractivity contribution is 0.246. The van der Waals surface area contributed by atoms with Gasteiger partial charge in [-0.25, -0.2) is 9.37 Å². The molecule has 0 saturated carbocycles. The summed E-state index contributed by atoms with van der Waals surface area (Å²) in [4.78, 5) is 10.3. The van der Waals surface area contributed by atoms with E-state index in [-0.39, 0.29) is 11.4 Å². The zero-order chi connectivity index (χ0) is 23.9. The maximum absolute atomic E-state index is 14.2. The average Bonchev–Trinajstić information content (AvgIpc) is 3.36. The fraction of sp³-hybridized carbons (Fsp3) is 0.360. The minimum absolute atomic E-state index is 0.136. The van der Waals surface area contributed by atoms with Crippen LogP contribution in [0.2, 0.25) is 5.02 Å². The van der Waals surface area contributed by atoms with Crippen molar-refractivity contribution in [2.45, 2.75) is 32.9 Å². The monoisotopic (exact) mass is 498 g/mol. The number of nitrogens with one attached hydrogen (secondary N) is 1. The highest BCUT2D eigenvalue weighted by molar-refractivity contribution is 7.20. The Morgan fingerprint density at radius 1 is 1.03 bits per heavy atom. The summed E-state index contributed by atoms with van der Waals surface area (Å²) in [5.41, 5.74) is 2.40. The van der Waals surface area contributed by atoms with Crippen LogP contribution < -0.4 is 10.2 Å². The summed E-state index contributed by atoms with van der Waals surface area (Å²) in [6.07, 6.45) is 0. The largest absolute Gasteiger partial charge is 0.364 e. The van der Waals surface area contributed by atoms with Gasteiger partial charge in [0, 0.05) is 54.4 Å². The molecule has 0 radical (unpaired) electrons. The molecule has 9 heteroatoms. The molecular weight excluding hydrogens is 471 g/mol. The third-order valence-corrected chi connectivity index (χ3v) is 7.14.